The average molecular weight is 313 g/mol. The molecule has 0 radical (unpaired) electrons. The Labute approximate surface area is 128 Å². The molecule has 0 aliphatic rings. The largest absolute Gasteiger partial charge is 0.313 e. The van der Waals surface area contributed by atoms with Crippen LogP contribution in [-0.4, -0.2) is 26.0 Å². The molecule has 0 aliphatic heterocycles. The van der Waals surface area contributed by atoms with Crippen molar-refractivity contribution in [3.8, 4) is 0 Å². The van der Waals surface area contributed by atoms with Crippen molar-refractivity contribution in [2.75, 3.05) is 6.54 Å². The van der Waals surface area contributed by atoms with Gasteiger partial charge in [0.05, 0.1) is 0 Å². The fourth-order valence-electron chi connectivity index (χ4n) is 1.86. The minimum absolute atomic E-state index is 0.0805. The molecule has 1 aromatic heterocycles. The summed E-state index contributed by atoms with van der Waals surface area (Å²) in [5, 5.41) is 3.34. The normalized spacial score (nSPS) is 14.9. The standard InChI is InChI=1S/C15H27N3O2S/c1-5-9-16-10-14-7-8-15(17-11-14)21(19,20)18-13(4)12(3)6-2/h7-8,11-13,16,18H,5-6,9-10H2,1-4H3. The molecule has 0 amide bonds. The summed E-state index contributed by atoms with van der Waals surface area (Å²) in [4.78, 5) is 4.08. The van der Waals surface area contributed by atoms with Gasteiger partial charge in [0, 0.05) is 18.8 Å². The van der Waals surface area contributed by atoms with Gasteiger partial charge in [0.15, 0.2) is 5.03 Å². The molecule has 120 valence electrons. The summed E-state index contributed by atoms with van der Waals surface area (Å²) >= 11 is 0. The average Bonchev–Trinajstić information content (AvgIpc) is 2.46. The predicted molar refractivity (Wildman–Crippen MR) is 85.5 cm³/mol. The van der Waals surface area contributed by atoms with Crippen molar-refractivity contribution in [1.82, 2.24) is 15.0 Å². The summed E-state index contributed by atoms with van der Waals surface area (Å²) in [5.41, 5.74) is 0.984. The van der Waals surface area contributed by atoms with Crippen LogP contribution >= 0.6 is 0 Å². The van der Waals surface area contributed by atoms with Crippen molar-refractivity contribution in [3.05, 3.63) is 23.9 Å². The van der Waals surface area contributed by atoms with E-state index < -0.39 is 10.0 Å². The van der Waals surface area contributed by atoms with Gasteiger partial charge < -0.3 is 5.32 Å². The van der Waals surface area contributed by atoms with E-state index in [4.69, 9.17) is 0 Å². The molecule has 0 saturated heterocycles. The lowest BCUT2D eigenvalue weighted by molar-refractivity contribution is 0.433. The first kappa shape index (κ1) is 18.1. The van der Waals surface area contributed by atoms with Crippen LogP contribution in [0.15, 0.2) is 23.4 Å². The number of aromatic nitrogens is 1. The van der Waals surface area contributed by atoms with Crippen molar-refractivity contribution in [3.63, 3.8) is 0 Å². The Morgan fingerprint density at radius 1 is 1.24 bits per heavy atom. The quantitative estimate of drug-likeness (QED) is 0.686. The molecular formula is C15H27N3O2S. The Kier molecular flexibility index (Phi) is 7.28. The zero-order valence-electron chi connectivity index (χ0n) is 13.4. The van der Waals surface area contributed by atoms with E-state index in [0.717, 1.165) is 24.9 Å². The first-order valence-electron chi connectivity index (χ1n) is 7.58. The molecule has 0 aliphatic carbocycles. The van der Waals surface area contributed by atoms with Crippen LogP contribution in [0.4, 0.5) is 0 Å². The van der Waals surface area contributed by atoms with E-state index >= 15 is 0 Å². The highest BCUT2D eigenvalue weighted by Crippen LogP contribution is 2.12. The topological polar surface area (TPSA) is 71.1 Å². The first-order chi connectivity index (χ1) is 9.90. The molecule has 0 spiro atoms. The lowest BCUT2D eigenvalue weighted by Crippen LogP contribution is -2.37. The number of pyridine rings is 1. The fraction of sp³-hybridized carbons (Fsp3) is 0.667. The van der Waals surface area contributed by atoms with E-state index in [2.05, 4.69) is 21.9 Å². The Balaban J connectivity index is 2.71. The number of hydrogen-bond donors (Lipinski definition) is 2. The Morgan fingerprint density at radius 3 is 2.48 bits per heavy atom. The molecule has 6 heteroatoms. The lowest BCUT2D eigenvalue weighted by atomic mass is 10.0. The van der Waals surface area contributed by atoms with E-state index in [-0.39, 0.29) is 17.0 Å². The molecule has 2 unspecified atom stereocenters. The molecule has 0 fully saturated rings. The summed E-state index contributed by atoms with van der Waals surface area (Å²) in [7, 11) is -3.54. The van der Waals surface area contributed by atoms with Gasteiger partial charge in [0.1, 0.15) is 0 Å². The number of nitrogens with zero attached hydrogens (tertiary/aromatic N) is 1. The summed E-state index contributed by atoms with van der Waals surface area (Å²) in [5.74, 6) is 0.289. The third-order valence-electron chi connectivity index (χ3n) is 3.67. The maximum absolute atomic E-state index is 12.2. The predicted octanol–water partition coefficient (Wildman–Crippen LogP) is 2.29. The highest BCUT2D eigenvalue weighted by molar-refractivity contribution is 7.89. The number of hydrogen-bond acceptors (Lipinski definition) is 4. The van der Waals surface area contributed by atoms with E-state index in [1.54, 1.807) is 18.3 Å². The van der Waals surface area contributed by atoms with Gasteiger partial charge in [-0.15, -0.1) is 0 Å². The molecule has 1 rings (SSSR count). The van der Waals surface area contributed by atoms with E-state index in [0.29, 0.717) is 6.54 Å². The Hall–Kier alpha value is -0.980. The molecule has 2 N–H and O–H groups in total. The third kappa shape index (κ3) is 5.73. The van der Waals surface area contributed by atoms with Gasteiger partial charge in [-0.1, -0.05) is 33.3 Å². The van der Waals surface area contributed by atoms with Crippen LogP contribution in [0.1, 0.15) is 46.1 Å². The number of nitrogens with one attached hydrogen (secondary N) is 2. The lowest BCUT2D eigenvalue weighted by Gasteiger charge is -2.19. The Morgan fingerprint density at radius 2 is 1.95 bits per heavy atom. The van der Waals surface area contributed by atoms with Crippen LogP contribution in [-0.2, 0) is 16.6 Å². The van der Waals surface area contributed by atoms with Crippen LogP contribution in [0.5, 0.6) is 0 Å². The summed E-state index contributed by atoms with van der Waals surface area (Å²) in [6.07, 6.45) is 3.61. The summed E-state index contributed by atoms with van der Waals surface area (Å²) < 4.78 is 27.2. The van der Waals surface area contributed by atoms with Crippen molar-refractivity contribution >= 4 is 10.0 Å². The maximum Gasteiger partial charge on any atom is 0.258 e. The molecule has 0 saturated carbocycles. The van der Waals surface area contributed by atoms with Gasteiger partial charge in [0.25, 0.3) is 10.0 Å². The van der Waals surface area contributed by atoms with Crippen molar-refractivity contribution in [2.45, 2.75) is 58.1 Å². The molecular weight excluding hydrogens is 286 g/mol. The summed E-state index contributed by atoms with van der Waals surface area (Å²) in [6, 6.07) is 3.26. The smallest absolute Gasteiger partial charge is 0.258 e. The summed E-state index contributed by atoms with van der Waals surface area (Å²) in [6.45, 7) is 9.71. The number of sulfonamides is 1. The van der Waals surface area contributed by atoms with Crippen molar-refractivity contribution in [2.24, 2.45) is 5.92 Å². The molecule has 21 heavy (non-hydrogen) atoms. The van der Waals surface area contributed by atoms with Crippen molar-refractivity contribution in [1.29, 1.82) is 0 Å². The highest BCUT2D eigenvalue weighted by atomic mass is 32.2. The molecule has 0 aromatic carbocycles. The SMILES string of the molecule is CCCNCc1ccc(S(=O)(=O)NC(C)C(C)CC)nc1. The van der Waals surface area contributed by atoms with Gasteiger partial charge in [0.2, 0.25) is 0 Å². The van der Waals surface area contributed by atoms with E-state index in [1.165, 1.54) is 0 Å². The van der Waals surface area contributed by atoms with Gasteiger partial charge in [-0.3, -0.25) is 0 Å². The van der Waals surface area contributed by atoms with Crippen LogP contribution in [0, 0.1) is 5.92 Å². The minimum atomic E-state index is -3.54. The van der Waals surface area contributed by atoms with Crippen LogP contribution in [0.3, 0.4) is 0 Å². The second-order valence-electron chi connectivity index (χ2n) is 5.48. The van der Waals surface area contributed by atoms with Gasteiger partial charge in [-0.2, -0.15) is 0 Å². The maximum atomic E-state index is 12.2. The van der Waals surface area contributed by atoms with Gasteiger partial charge in [-0.25, -0.2) is 18.1 Å². The monoisotopic (exact) mass is 313 g/mol. The fourth-order valence-corrected chi connectivity index (χ4v) is 3.14. The molecule has 5 nitrogen and oxygen atoms in total. The van der Waals surface area contributed by atoms with Crippen LogP contribution < -0.4 is 10.0 Å². The van der Waals surface area contributed by atoms with Crippen LogP contribution in [0.25, 0.3) is 0 Å². The van der Waals surface area contributed by atoms with Crippen molar-refractivity contribution < 1.29 is 8.42 Å². The molecule has 2 atom stereocenters. The first-order valence-corrected chi connectivity index (χ1v) is 9.07. The minimum Gasteiger partial charge on any atom is -0.313 e. The van der Waals surface area contributed by atoms with Gasteiger partial charge in [-0.05, 0) is 37.4 Å². The molecule has 0 bridgehead atoms. The second kappa shape index (κ2) is 8.46. The Bertz CT molecular complexity index is 514. The molecule has 1 heterocycles. The van der Waals surface area contributed by atoms with E-state index in [9.17, 15) is 8.42 Å². The van der Waals surface area contributed by atoms with Crippen LogP contribution in [0.2, 0.25) is 0 Å². The third-order valence-corrected chi connectivity index (χ3v) is 5.14. The highest BCUT2D eigenvalue weighted by Gasteiger charge is 2.21. The zero-order chi connectivity index (χ0) is 15.9. The zero-order valence-corrected chi connectivity index (χ0v) is 14.2. The van der Waals surface area contributed by atoms with E-state index in [1.807, 2.05) is 20.8 Å². The second-order valence-corrected chi connectivity index (χ2v) is 7.14. The van der Waals surface area contributed by atoms with Gasteiger partial charge >= 0.3 is 0 Å². The number of rotatable bonds is 9. The molecule has 1 aromatic rings.